The van der Waals surface area contributed by atoms with Gasteiger partial charge in [-0.15, -0.1) is 0 Å². The average molecular weight is 293 g/mol. The minimum atomic E-state index is -0.566. The Kier molecular flexibility index (Phi) is 2.27. The van der Waals surface area contributed by atoms with Gasteiger partial charge in [0.2, 0.25) is 0 Å². The second-order valence-electron chi connectivity index (χ2n) is 6.04. The number of aromatic hydroxyl groups is 2. The van der Waals surface area contributed by atoms with Crippen molar-refractivity contribution in [3.05, 3.63) is 41.0 Å². The van der Waals surface area contributed by atoms with Crippen LogP contribution in [-0.2, 0) is 0 Å². The van der Waals surface area contributed by atoms with E-state index in [9.17, 15) is 10.2 Å². The van der Waals surface area contributed by atoms with Crippen molar-refractivity contribution in [3.63, 3.8) is 0 Å². The van der Waals surface area contributed by atoms with Crippen LogP contribution in [0.4, 0.5) is 5.69 Å². The number of phenolic OH excluding ortho intramolecular Hbond substituents is 2. The molecule has 0 atom stereocenters. The maximum atomic E-state index is 10.7. The lowest BCUT2D eigenvalue weighted by molar-refractivity contribution is 0.478. The summed E-state index contributed by atoms with van der Waals surface area (Å²) in [5.41, 5.74) is 5.82. The molecule has 0 aliphatic carbocycles. The van der Waals surface area contributed by atoms with E-state index >= 15 is 0 Å². The van der Waals surface area contributed by atoms with Crippen molar-refractivity contribution in [1.82, 2.24) is 0 Å². The molecule has 4 rings (SSSR count). The van der Waals surface area contributed by atoms with Gasteiger partial charge in [0.25, 0.3) is 0 Å². The maximum absolute atomic E-state index is 10.7. The Labute approximate surface area is 126 Å². The van der Waals surface area contributed by atoms with E-state index in [-0.39, 0.29) is 11.5 Å². The number of anilines is 1. The number of benzene rings is 3. The van der Waals surface area contributed by atoms with Crippen LogP contribution < -0.4 is 16.4 Å². The van der Waals surface area contributed by atoms with Gasteiger partial charge in [-0.05, 0) is 32.0 Å². The Balaban J connectivity index is 2.35. The zero-order valence-electron chi connectivity index (χ0n) is 12.3. The Morgan fingerprint density at radius 3 is 2.36 bits per heavy atom. The second-order valence-corrected chi connectivity index (χ2v) is 6.04. The largest absolute Gasteiger partial charge is 0.507 e. The van der Waals surface area contributed by atoms with Gasteiger partial charge in [0, 0.05) is 16.5 Å². The van der Waals surface area contributed by atoms with Gasteiger partial charge in [-0.2, -0.15) is 0 Å². The SMILES string of the molecule is CC1(C)N=c2ccc3c(O)c4c(N)cccc4c(O)c3c2=N1. The quantitative estimate of drug-likeness (QED) is 0.336. The first-order valence-corrected chi connectivity index (χ1v) is 7.04. The summed E-state index contributed by atoms with van der Waals surface area (Å²) in [5, 5.41) is 24.7. The first-order valence-electron chi connectivity index (χ1n) is 7.04. The summed E-state index contributed by atoms with van der Waals surface area (Å²) in [6.07, 6.45) is 0. The molecule has 1 heterocycles. The van der Waals surface area contributed by atoms with E-state index in [0.717, 1.165) is 5.36 Å². The third-order valence-electron chi connectivity index (χ3n) is 4.02. The zero-order chi connectivity index (χ0) is 15.6. The molecule has 0 radical (unpaired) electrons. The summed E-state index contributed by atoms with van der Waals surface area (Å²) in [6.45, 7) is 3.80. The predicted octanol–water partition coefficient (Wildman–Crippen LogP) is 1.98. The fourth-order valence-corrected chi connectivity index (χ4v) is 3.12. The summed E-state index contributed by atoms with van der Waals surface area (Å²) in [5.74, 6) is 0.132. The van der Waals surface area contributed by atoms with E-state index in [4.69, 9.17) is 5.73 Å². The molecule has 0 spiro atoms. The third kappa shape index (κ3) is 1.53. The molecule has 22 heavy (non-hydrogen) atoms. The predicted molar refractivity (Wildman–Crippen MR) is 85.6 cm³/mol. The Morgan fingerprint density at radius 1 is 0.909 bits per heavy atom. The lowest BCUT2D eigenvalue weighted by Gasteiger charge is -2.11. The van der Waals surface area contributed by atoms with Crippen molar-refractivity contribution in [3.8, 4) is 11.5 Å². The van der Waals surface area contributed by atoms with Gasteiger partial charge < -0.3 is 15.9 Å². The number of nitrogen functional groups attached to an aromatic ring is 1. The normalized spacial score (nSPS) is 15.5. The zero-order valence-corrected chi connectivity index (χ0v) is 12.3. The summed E-state index contributed by atoms with van der Waals surface area (Å²) < 4.78 is 0. The van der Waals surface area contributed by atoms with Crippen molar-refractivity contribution in [2.45, 2.75) is 19.5 Å². The van der Waals surface area contributed by atoms with Crippen LogP contribution in [0.2, 0.25) is 0 Å². The lowest BCUT2D eigenvalue weighted by atomic mass is 9.99. The summed E-state index contributed by atoms with van der Waals surface area (Å²) >= 11 is 0. The number of rotatable bonds is 0. The van der Waals surface area contributed by atoms with E-state index in [0.29, 0.717) is 32.6 Å². The van der Waals surface area contributed by atoms with Gasteiger partial charge >= 0.3 is 0 Å². The van der Waals surface area contributed by atoms with Crippen LogP contribution in [-0.4, -0.2) is 15.9 Å². The van der Waals surface area contributed by atoms with Gasteiger partial charge in [0.15, 0.2) is 0 Å². The molecule has 3 aromatic rings. The minimum Gasteiger partial charge on any atom is -0.507 e. The van der Waals surface area contributed by atoms with Crippen LogP contribution in [0.3, 0.4) is 0 Å². The van der Waals surface area contributed by atoms with E-state index in [1.807, 2.05) is 13.8 Å². The average Bonchev–Trinajstić information content (AvgIpc) is 2.77. The van der Waals surface area contributed by atoms with Crippen LogP contribution in [0.15, 0.2) is 40.3 Å². The molecule has 0 saturated heterocycles. The molecular formula is C17H15N3O2. The molecule has 4 N–H and O–H groups in total. The highest BCUT2D eigenvalue weighted by Crippen LogP contribution is 2.42. The summed E-state index contributed by atoms with van der Waals surface area (Å²) in [6, 6.07) is 8.73. The van der Waals surface area contributed by atoms with Crippen LogP contribution in [0.25, 0.3) is 21.5 Å². The molecule has 5 heteroatoms. The van der Waals surface area contributed by atoms with Crippen LogP contribution >= 0.6 is 0 Å². The molecule has 0 unspecified atom stereocenters. The van der Waals surface area contributed by atoms with Crippen molar-refractivity contribution < 1.29 is 10.2 Å². The Bertz CT molecular complexity index is 1080. The number of hydrogen-bond acceptors (Lipinski definition) is 5. The van der Waals surface area contributed by atoms with Crippen LogP contribution in [0, 0.1) is 0 Å². The van der Waals surface area contributed by atoms with E-state index in [1.54, 1.807) is 30.3 Å². The molecule has 0 saturated carbocycles. The van der Waals surface area contributed by atoms with E-state index in [2.05, 4.69) is 9.98 Å². The fraction of sp³-hybridized carbons (Fsp3) is 0.176. The smallest absolute Gasteiger partial charge is 0.146 e. The number of nitrogens with two attached hydrogens (primary N) is 1. The van der Waals surface area contributed by atoms with E-state index in [1.165, 1.54) is 0 Å². The van der Waals surface area contributed by atoms with Gasteiger partial charge in [-0.1, -0.05) is 12.1 Å². The Morgan fingerprint density at radius 2 is 1.59 bits per heavy atom. The molecule has 110 valence electrons. The monoisotopic (exact) mass is 293 g/mol. The number of fused-ring (bicyclic) bond motifs is 4. The van der Waals surface area contributed by atoms with Gasteiger partial charge in [-0.25, -0.2) is 0 Å². The number of nitrogens with zero attached hydrogens (tertiary/aromatic N) is 2. The molecule has 1 aliphatic rings. The number of hydrogen-bond donors (Lipinski definition) is 3. The van der Waals surface area contributed by atoms with E-state index < -0.39 is 5.66 Å². The topological polar surface area (TPSA) is 91.2 Å². The molecule has 3 aromatic carbocycles. The van der Waals surface area contributed by atoms with Gasteiger partial charge in [0.1, 0.15) is 17.2 Å². The van der Waals surface area contributed by atoms with Gasteiger partial charge in [0.05, 0.1) is 21.5 Å². The molecule has 0 fully saturated rings. The molecule has 1 aliphatic heterocycles. The summed E-state index contributed by atoms with van der Waals surface area (Å²) in [4.78, 5) is 9.09. The van der Waals surface area contributed by atoms with Crippen LogP contribution in [0.5, 0.6) is 11.5 Å². The highest BCUT2D eigenvalue weighted by Gasteiger charge is 2.23. The first-order chi connectivity index (χ1) is 10.4. The fourth-order valence-electron chi connectivity index (χ4n) is 3.12. The lowest BCUT2D eigenvalue weighted by Crippen LogP contribution is -2.22. The highest BCUT2D eigenvalue weighted by atomic mass is 16.3. The van der Waals surface area contributed by atoms with Crippen molar-refractivity contribution in [2.24, 2.45) is 9.98 Å². The van der Waals surface area contributed by atoms with Crippen LogP contribution in [0.1, 0.15) is 13.8 Å². The van der Waals surface area contributed by atoms with Gasteiger partial charge in [-0.3, -0.25) is 9.98 Å². The van der Waals surface area contributed by atoms with Crippen molar-refractivity contribution in [1.29, 1.82) is 0 Å². The van der Waals surface area contributed by atoms with Crippen molar-refractivity contribution >= 4 is 27.2 Å². The minimum absolute atomic E-state index is 0.0589. The standard InChI is InChI=1S/C17H15N3O2/c1-17(2)19-11-7-6-9-13(14(11)20-17)16(22)8-4-3-5-10(18)12(8)15(9)21/h3-7,21-22H,18H2,1-2H3. The molecule has 0 aromatic heterocycles. The molecule has 5 nitrogen and oxygen atoms in total. The molecule has 0 amide bonds. The highest BCUT2D eigenvalue weighted by molar-refractivity contribution is 6.14. The molecule has 0 bridgehead atoms. The van der Waals surface area contributed by atoms with Crippen molar-refractivity contribution in [2.75, 3.05) is 5.73 Å². The summed E-state index contributed by atoms with van der Waals surface area (Å²) in [7, 11) is 0. The maximum Gasteiger partial charge on any atom is 0.146 e. The first kappa shape index (κ1) is 12.9. The molecular weight excluding hydrogens is 278 g/mol. The second kappa shape index (κ2) is 3.88. The number of phenols is 2. The third-order valence-corrected chi connectivity index (χ3v) is 4.02. The Hall–Kier alpha value is -2.82.